The van der Waals surface area contributed by atoms with E-state index in [1.54, 1.807) is 0 Å². The Morgan fingerprint density at radius 1 is 1.19 bits per heavy atom. The maximum Gasteiger partial charge on any atom is 0.0725 e. The van der Waals surface area contributed by atoms with E-state index in [2.05, 4.69) is 12.2 Å². The van der Waals surface area contributed by atoms with Crippen molar-refractivity contribution in [2.24, 2.45) is 23.7 Å². The van der Waals surface area contributed by atoms with E-state index in [9.17, 15) is 0 Å². The lowest BCUT2D eigenvalue weighted by molar-refractivity contribution is -0.0220. The molecule has 5 atom stereocenters. The van der Waals surface area contributed by atoms with Gasteiger partial charge in [0.2, 0.25) is 0 Å². The van der Waals surface area contributed by atoms with Crippen LogP contribution in [0.1, 0.15) is 39.0 Å². The molecule has 1 N–H and O–H groups in total. The summed E-state index contributed by atoms with van der Waals surface area (Å²) in [6, 6.07) is 0. The predicted molar refractivity (Wildman–Crippen MR) is 65.3 cm³/mol. The van der Waals surface area contributed by atoms with Gasteiger partial charge in [-0.3, -0.25) is 0 Å². The van der Waals surface area contributed by atoms with Gasteiger partial charge in [-0.05, 0) is 55.9 Å². The van der Waals surface area contributed by atoms with Crippen LogP contribution in [0.4, 0.5) is 0 Å². The number of piperidine rings is 1. The van der Waals surface area contributed by atoms with E-state index in [1.807, 2.05) is 0 Å². The molecule has 2 heteroatoms. The Morgan fingerprint density at radius 3 is 2.81 bits per heavy atom. The Bertz CT molecular complexity index is 241. The highest BCUT2D eigenvalue weighted by atomic mass is 16.5. The van der Waals surface area contributed by atoms with E-state index in [-0.39, 0.29) is 0 Å². The van der Waals surface area contributed by atoms with Gasteiger partial charge < -0.3 is 10.1 Å². The summed E-state index contributed by atoms with van der Waals surface area (Å²) in [5.41, 5.74) is 0. The molecule has 2 nitrogen and oxygen atoms in total. The predicted octanol–water partition coefficient (Wildman–Crippen LogP) is 2.44. The molecule has 5 unspecified atom stereocenters. The van der Waals surface area contributed by atoms with Crippen molar-refractivity contribution in [1.82, 2.24) is 5.32 Å². The quantitative estimate of drug-likeness (QED) is 0.793. The highest BCUT2D eigenvalue weighted by molar-refractivity contribution is 4.90. The average Bonchev–Trinajstić information content (AvgIpc) is 2.90. The third-order valence-corrected chi connectivity index (χ3v) is 5.17. The van der Waals surface area contributed by atoms with Crippen LogP contribution in [0.15, 0.2) is 0 Å². The Kier molecular flexibility index (Phi) is 3.21. The van der Waals surface area contributed by atoms with Gasteiger partial charge in [-0.15, -0.1) is 0 Å². The second-order valence-corrected chi connectivity index (χ2v) is 6.28. The fourth-order valence-corrected chi connectivity index (χ4v) is 4.01. The summed E-state index contributed by atoms with van der Waals surface area (Å²) >= 11 is 0. The minimum absolute atomic E-state index is 0.480. The van der Waals surface area contributed by atoms with Gasteiger partial charge >= 0.3 is 0 Å². The fourth-order valence-electron chi connectivity index (χ4n) is 4.01. The number of rotatable bonds is 3. The number of fused-ring (bicyclic) bond motifs is 2. The van der Waals surface area contributed by atoms with Crippen molar-refractivity contribution in [3.8, 4) is 0 Å². The normalized spacial score (nSPS) is 47.4. The average molecular weight is 223 g/mol. The third kappa shape index (κ3) is 2.14. The molecule has 3 aliphatic rings. The van der Waals surface area contributed by atoms with Crippen molar-refractivity contribution in [2.45, 2.75) is 45.1 Å². The van der Waals surface area contributed by atoms with Gasteiger partial charge in [-0.1, -0.05) is 13.3 Å². The van der Waals surface area contributed by atoms with Crippen LogP contribution in [-0.2, 0) is 4.74 Å². The summed E-state index contributed by atoms with van der Waals surface area (Å²) in [4.78, 5) is 0. The molecule has 0 aromatic heterocycles. The highest BCUT2D eigenvalue weighted by Gasteiger charge is 2.39. The van der Waals surface area contributed by atoms with Crippen LogP contribution < -0.4 is 5.32 Å². The van der Waals surface area contributed by atoms with Crippen LogP contribution in [0, 0.1) is 23.7 Å². The topological polar surface area (TPSA) is 21.3 Å². The van der Waals surface area contributed by atoms with E-state index in [0.29, 0.717) is 6.10 Å². The first-order valence-electron chi connectivity index (χ1n) is 7.15. The Balaban J connectivity index is 1.45. The van der Waals surface area contributed by atoms with Crippen molar-refractivity contribution >= 4 is 0 Å². The summed E-state index contributed by atoms with van der Waals surface area (Å²) < 4.78 is 6.17. The molecule has 92 valence electrons. The Morgan fingerprint density at radius 2 is 2.12 bits per heavy atom. The molecule has 0 aromatic rings. The highest BCUT2D eigenvalue weighted by Crippen LogP contribution is 2.48. The molecule has 2 bridgehead atoms. The first-order valence-corrected chi connectivity index (χ1v) is 7.15. The summed E-state index contributed by atoms with van der Waals surface area (Å²) in [6.45, 7) is 5.63. The lowest BCUT2D eigenvalue weighted by Gasteiger charge is -2.31. The van der Waals surface area contributed by atoms with E-state index in [0.717, 1.165) is 36.8 Å². The molecule has 0 spiro atoms. The molecule has 0 amide bonds. The Labute approximate surface area is 99.1 Å². The van der Waals surface area contributed by atoms with E-state index in [4.69, 9.17) is 4.74 Å². The van der Waals surface area contributed by atoms with Gasteiger partial charge in [0.1, 0.15) is 0 Å². The number of hydrogen-bond acceptors (Lipinski definition) is 2. The molecule has 1 heterocycles. The molecular weight excluding hydrogens is 198 g/mol. The van der Waals surface area contributed by atoms with Gasteiger partial charge in [-0.2, -0.15) is 0 Å². The second-order valence-electron chi connectivity index (χ2n) is 6.28. The van der Waals surface area contributed by atoms with Crippen molar-refractivity contribution in [1.29, 1.82) is 0 Å². The van der Waals surface area contributed by atoms with E-state index >= 15 is 0 Å². The maximum absolute atomic E-state index is 6.17. The number of hydrogen-bond donors (Lipinski definition) is 1. The lowest BCUT2D eigenvalue weighted by Crippen LogP contribution is -2.42. The van der Waals surface area contributed by atoms with E-state index < -0.39 is 0 Å². The molecule has 1 saturated heterocycles. The maximum atomic E-state index is 6.17. The summed E-state index contributed by atoms with van der Waals surface area (Å²) in [5, 5.41) is 3.45. The SMILES string of the molecule is CC1CCNCC1OCC1CC2CCC1C2. The zero-order chi connectivity index (χ0) is 11.0. The lowest BCUT2D eigenvalue weighted by atomic mass is 9.89. The third-order valence-electron chi connectivity index (χ3n) is 5.17. The minimum Gasteiger partial charge on any atom is -0.376 e. The van der Waals surface area contributed by atoms with Crippen LogP contribution in [0.5, 0.6) is 0 Å². The molecule has 16 heavy (non-hydrogen) atoms. The van der Waals surface area contributed by atoms with Gasteiger partial charge in [0.25, 0.3) is 0 Å². The van der Waals surface area contributed by atoms with Crippen LogP contribution >= 0.6 is 0 Å². The number of nitrogens with one attached hydrogen (secondary N) is 1. The monoisotopic (exact) mass is 223 g/mol. The van der Waals surface area contributed by atoms with Crippen molar-refractivity contribution in [2.75, 3.05) is 19.7 Å². The van der Waals surface area contributed by atoms with Crippen molar-refractivity contribution < 1.29 is 4.74 Å². The standard InChI is InChI=1S/C14H25NO/c1-10-4-5-15-8-14(10)16-9-13-7-11-2-3-12(13)6-11/h10-15H,2-9H2,1H3. The molecule has 1 aliphatic heterocycles. The molecule has 2 saturated carbocycles. The fraction of sp³-hybridized carbons (Fsp3) is 1.00. The molecule has 2 aliphatic carbocycles. The first kappa shape index (κ1) is 11.0. The van der Waals surface area contributed by atoms with Crippen LogP contribution in [-0.4, -0.2) is 25.8 Å². The van der Waals surface area contributed by atoms with Gasteiger partial charge in [0.15, 0.2) is 0 Å². The number of ether oxygens (including phenoxy) is 1. The zero-order valence-corrected chi connectivity index (χ0v) is 10.5. The van der Waals surface area contributed by atoms with Crippen LogP contribution in [0.3, 0.4) is 0 Å². The molecule has 3 rings (SSSR count). The molecule has 0 aromatic carbocycles. The zero-order valence-electron chi connectivity index (χ0n) is 10.5. The van der Waals surface area contributed by atoms with E-state index in [1.165, 1.54) is 38.6 Å². The van der Waals surface area contributed by atoms with Crippen LogP contribution in [0.2, 0.25) is 0 Å². The summed E-state index contributed by atoms with van der Waals surface area (Å²) in [5.74, 6) is 3.71. The molecule has 0 radical (unpaired) electrons. The van der Waals surface area contributed by atoms with Crippen molar-refractivity contribution in [3.63, 3.8) is 0 Å². The Hall–Kier alpha value is -0.0800. The van der Waals surface area contributed by atoms with Gasteiger partial charge in [0, 0.05) is 6.54 Å². The first-order chi connectivity index (χ1) is 7.83. The summed E-state index contributed by atoms with van der Waals surface area (Å²) in [6.07, 6.45) is 7.71. The minimum atomic E-state index is 0.480. The van der Waals surface area contributed by atoms with Gasteiger partial charge in [0.05, 0.1) is 12.7 Å². The largest absolute Gasteiger partial charge is 0.376 e. The van der Waals surface area contributed by atoms with Gasteiger partial charge in [-0.25, -0.2) is 0 Å². The molecular formula is C14H25NO. The molecule has 3 fully saturated rings. The second kappa shape index (κ2) is 4.66. The van der Waals surface area contributed by atoms with Crippen LogP contribution in [0.25, 0.3) is 0 Å². The summed E-state index contributed by atoms with van der Waals surface area (Å²) in [7, 11) is 0. The van der Waals surface area contributed by atoms with Crippen molar-refractivity contribution in [3.05, 3.63) is 0 Å². The smallest absolute Gasteiger partial charge is 0.0725 e.